The number of carbonyl (C=O) groups excluding carboxylic acids is 1. The van der Waals surface area contributed by atoms with Gasteiger partial charge < -0.3 is 9.42 Å². The molecule has 0 aliphatic carbocycles. The van der Waals surface area contributed by atoms with Crippen LogP contribution in [0.25, 0.3) is 0 Å². The molecule has 0 fully saturated rings. The Kier molecular flexibility index (Phi) is 5.71. The summed E-state index contributed by atoms with van der Waals surface area (Å²) in [5.74, 6) is -0.205. The lowest BCUT2D eigenvalue weighted by molar-refractivity contribution is -0.125. The van der Waals surface area contributed by atoms with Crippen LogP contribution in [0.15, 0.2) is 0 Å². The van der Waals surface area contributed by atoms with Crippen LogP contribution in [0.3, 0.4) is 0 Å². The fourth-order valence-electron chi connectivity index (χ4n) is 1.22. The number of hydrogen-bond acceptors (Lipinski definition) is 3. The molecule has 0 amide bonds. The average Bonchev–Trinajstić information content (AvgIpc) is 2.14. The lowest BCUT2D eigenvalue weighted by atomic mass is 9.83. The van der Waals surface area contributed by atoms with Crippen molar-refractivity contribution in [2.45, 2.75) is 40.0 Å². The van der Waals surface area contributed by atoms with E-state index in [2.05, 4.69) is 4.52 Å². The van der Waals surface area contributed by atoms with Gasteiger partial charge in [0.25, 0.3) is 0 Å². The number of unbranched alkanes of at least 4 members (excludes halogenated alkanes) is 1. The zero-order valence-corrected chi connectivity index (χ0v) is 10.8. The molecule has 0 aromatic heterocycles. The summed E-state index contributed by atoms with van der Waals surface area (Å²) >= 11 is 0. The Morgan fingerprint density at radius 1 is 1.47 bits per heavy atom. The van der Waals surface area contributed by atoms with Gasteiger partial charge in [-0.3, -0.25) is 9.36 Å². The quantitative estimate of drug-likeness (QED) is 0.690. The van der Waals surface area contributed by atoms with Crippen LogP contribution in [0.2, 0.25) is 0 Å². The first kappa shape index (κ1) is 14.8. The van der Waals surface area contributed by atoms with Gasteiger partial charge in [-0.05, 0) is 6.42 Å². The van der Waals surface area contributed by atoms with E-state index in [1.54, 1.807) is 13.8 Å². The van der Waals surface area contributed by atoms with E-state index >= 15 is 0 Å². The average molecular weight is 236 g/mol. The van der Waals surface area contributed by atoms with Crippen molar-refractivity contribution in [1.82, 2.24) is 0 Å². The summed E-state index contributed by atoms with van der Waals surface area (Å²) < 4.78 is 15.6. The Morgan fingerprint density at radius 2 is 2.00 bits per heavy atom. The molecule has 15 heavy (non-hydrogen) atoms. The molecule has 0 radical (unpaired) electrons. The van der Waals surface area contributed by atoms with Crippen LogP contribution in [0.1, 0.15) is 40.0 Å². The van der Waals surface area contributed by atoms with Crippen LogP contribution in [0, 0.1) is 5.41 Å². The van der Waals surface area contributed by atoms with E-state index in [1.165, 1.54) is 0 Å². The first-order chi connectivity index (χ1) is 6.75. The SMILES string of the molecule is CCCCC(C)(C)C(=O)CP(=O)(O)OC. The van der Waals surface area contributed by atoms with Gasteiger partial charge >= 0.3 is 7.60 Å². The summed E-state index contributed by atoms with van der Waals surface area (Å²) in [6.45, 7) is 5.66. The van der Waals surface area contributed by atoms with Gasteiger partial charge in [0.15, 0.2) is 0 Å². The van der Waals surface area contributed by atoms with Crippen LogP contribution in [-0.4, -0.2) is 23.9 Å². The minimum absolute atomic E-state index is 0.205. The third-order valence-electron chi connectivity index (χ3n) is 2.54. The third kappa shape index (κ3) is 5.45. The van der Waals surface area contributed by atoms with E-state index in [4.69, 9.17) is 0 Å². The molecule has 0 spiro atoms. The second kappa shape index (κ2) is 5.78. The molecule has 1 atom stereocenters. The molecule has 0 heterocycles. The number of Topliss-reactive ketones (excluding diaryl/α,β-unsaturated/α-hetero) is 1. The van der Waals surface area contributed by atoms with Crippen molar-refractivity contribution in [2.75, 3.05) is 13.3 Å². The van der Waals surface area contributed by atoms with Gasteiger partial charge in [0.05, 0.1) is 0 Å². The van der Waals surface area contributed by atoms with E-state index in [0.717, 1.165) is 26.4 Å². The molecule has 0 bridgehead atoms. The predicted octanol–water partition coefficient (Wildman–Crippen LogP) is 2.60. The van der Waals surface area contributed by atoms with Gasteiger partial charge in [0, 0.05) is 12.5 Å². The maximum Gasteiger partial charge on any atom is 0.335 e. The van der Waals surface area contributed by atoms with Crippen LogP contribution >= 0.6 is 7.60 Å². The number of ketones is 1. The minimum Gasteiger partial charge on any atom is -0.324 e. The van der Waals surface area contributed by atoms with Crippen LogP contribution in [0.4, 0.5) is 0 Å². The minimum atomic E-state index is -3.71. The highest BCUT2D eigenvalue weighted by Gasteiger charge is 2.32. The van der Waals surface area contributed by atoms with Gasteiger partial charge in [0.2, 0.25) is 0 Å². The largest absolute Gasteiger partial charge is 0.335 e. The van der Waals surface area contributed by atoms with Crippen molar-refractivity contribution in [3.05, 3.63) is 0 Å². The molecular formula is C10H21O4P. The van der Waals surface area contributed by atoms with Crippen molar-refractivity contribution in [3.63, 3.8) is 0 Å². The first-order valence-corrected chi connectivity index (χ1v) is 6.92. The Hall–Kier alpha value is -0.180. The first-order valence-electron chi connectivity index (χ1n) is 5.16. The van der Waals surface area contributed by atoms with E-state index in [0.29, 0.717) is 0 Å². The third-order valence-corrected chi connectivity index (χ3v) is 3.80. The smallest absolute Gasteiger partial charge is 0.324 e. The summed E-state index contributed by atoms with van der Waals surface area (Å²) in [4.78, 5) is 20.9. The number of carbonyl (C=O) groups is 1. The zero-order valence-electron chi connectivity index (χ0n) is 9.95. The standard InChI is InChI=1S/C10H21O4P/c1-5-6-7-10(2,3)9(11)8-15(12,13)14-4/h5-8H2,1-4H3,(H,12,13). The van der Waals surface area contributed by atoms with Gasteiger partial charge in [0.1, 0.15) is 11.9 Å². The monoisotopic (exact) mass is 236 g/mol. The van der Waals surface area contributed by atoms with E-state index in [-0.39, 0.29) is 11.9 Å². The Morgan fingerprint density at radius 3 is 2.40 bits per heavy atom. The maximum absolute atomic E-state index is 11.7. The fourth-order valence-corrected chi connectivity index (χ4v) is 2.14. The van der Waals surface area contributed by atoms with Gasteiger partial charge in [-0.2, -0.15) is 0 Å². The normalized spacial score (nSPS) is 16.1. The Bertz CT molecular complexity index is 260. The fraction of sp³-hybridized carbons (Fsp3) is 0.900. The molecule has 1 N–H and O–H groups in total. The molecule has 0 aliphatic heterocycles. The summed E-state index contributed by atoms with van der Waals surface area (Å²) in [6, 6.07) is 0. The predicted molar refractivity (Wildman–Crippen MR) is 60.0 cm³/mol. The van der Waals surface area contributed by atoms with Crippen molar-refractivity contribution in [3.8, 4) is 0 Å². The molecule has 0 aliphatic rings. The Balaban J connectivity index is 4.37. The molecule has 0 saturated heterocycles. The summed E-state index contributed by atoms with van der Waals surface area (Å²) in [5.41, 5.74) is -0.535. The van der Waals surface area contributed by atoms with E-state index < -0.39 is 13.0 Å². The Labute approximate surface area is 91.6 Å². The second-order valence-corrected chi connectivity index (χ2v) is 6.35. The molecule has 0 saturated carbocycles. The molecule has 5 heteroatoms. The molecule has 4 nitrogen and oxygen atoms in total. The van der Waals surface area contributed by atoms with Crippen molar-refractivity contribution >= 4 is 13.4 Å². The van der Waals surface area contributed by atoms with Gasteiger partial charge in [-0.25, -0.2) is 0 Å². The summed E-state index contributed by atoms with van der Waals surface area (Å²) in [5, 5.41) is 0. The van der Waals surface area contributed by atoms with Crippen molar-refractivity contribution in [2.24, 2.45) is 5.41 Å². The van der Waals surface area contributed by atoms with Crippen LogP contribution in [-0.2, 0) is 13.9 Å². The topological polar surface area (TPSA) is 63.6 Å². The molecule has 90 valence electrons. The number of rotatable bonds is 7. The summed E-state index contributed by atoms with van der Waals surface area (Å²) in [6.07, 6.45) is 2.31. The lowest BCUT2D eigenvalue weighted by Gasteiger charge is -2.23. The van der Waals surface area contributed by atoms with E-state index in [9.17, 15) is 14.3 Å². The molecule has 0 aromatic carbocycles. The highest BCUT2D eigenvalue weighted by atomic mass is 31.2. The molecule has 1 unspecified atom stereocenters. The maximum atomic E-state index is 11.7. The van der Waals surface area contributed by atoms with E-state index in [1.807, 2.05) is 6.92 Å². The molecule has 0 rings (SSSR count). The molecular weight excluding hydrogens is 215 g/mol. The van der Waals surface area contributed by atoms with Crippen molar-refractivity contribution < 1.29 is 18.8 Å². The van der Waals surface area contributed by atoms with Gasteiger partial charge in [-0.1, -0.05) is 33.6 Å². The van der Waals surface area contributed by atoms with Crippen LogP contribution < -0.4 is 0 Å². The second-order valence-electron chi connectivity index (χ2n) is 4.39. The lowest BCUT2D eigenvalue weighted by Crippen LogP contribution is -2.27. The molecule has 0 aromatic rings. The summed E-state index contributed by atoms with van der Waals surface area (Å²) in [7, 11) is -2.56. The zero-order chi connectivity index (χ0) is 12.1. The van der Waals surface area contributed by atoms with Crippen molar-refractivity contribution in [1.29, 1.82) is 0 Å². The van der Waals surface area contributed by atoms with Crippen LogP contribution in [0.5, 0.6) is 0 Å². The highest BCUT2D eigenvalue weighted by molar-refractivity contribution is 7.53. The highest BCUT2D eigenvalue weighted by Crippen LogP contribution is 2.43. The van der Waals surface area contributed by atoms with Gasteiger partial charge in [-0.15, -0.1) is 0 Å². The number of hydrogen-bond donors (Lipinski definition) is 1.